The van der Waals surface area contributed by atoms with Crippen molar-refractivity contribution in [3.8, 4) is 12.3 Å². The quantitative estimate of drug-likeness (QED) is 0.500. The summed E-state index contributed by atoms with van der Waals surface area (Å²) in [5.74, 6) is 4.55. The number of hydrogen-bond donors (Lipinski definition) is 1. The Morgan fingerprint density at radius 3 is 2.69 bits per heavy atom. The molecule has 1 saturated heterocycles. The third kappa shape index (κ3) is 5.15. The number of piperidine rings is 1. The Balaban J connectivity index is 1.73. The van der Waals surface area contributed by atoms with Crippen molar-refractivity contribution in [1.82, 2.24) is 20.1 Å². The normalized spacial score (nSPS) is 14.6. The summed E-state index contributed by atoms with van der Waals surface area (Å²) in [6, 6.07) is 3.81. The first-order valence-electron chi connectivity index (χ1n) is 10.2. The number of nitrogens with zero attached hydrogens (tertiary/aromatic N) is 4. The minimum atomic E-state index is -0.585. The van der Waals surface area contributed by atoms with Crippen molar-refractivity contribution in [2.45, 2.75) is 63.2 Å². The van der Waals surface area contributed by atoms with Crippen LogP contribution in [0.4, 0.5) is 5.95 Å². The third-order valence-electron chi connectivity index (χ3n) is 5.42. The topological polar surface area (TPSA) is 76.2 Å². The van der Waals surface area contributed by atoms with Crippen molar-refractivity contribution in [1.29, 1.82) is 0 Å². The Morgan fingerprint density at radius 1 is 1.31 bits per heavy atom. The van der Waals surface area contributed by atoms with E-state index in [0.29, 0.717) is 24.5 Å². The van der Waals surface area contributed by atoms with E-state index in [9.17, 15) is 4.79 Å². The maximum Gasteiger partial charge on any atom is 0.231 e. The van der Waals surface area contributed by atoms with Gasteiger partial charge in [0.2, 0.25) is 11.9 Å². The largest absolute Gasteiger partial charge is 0.467 e. The fourth-order valence-electron chi connectivity index (χ4n) is 3.51. The molecule has 0 radical (unpaired) electrons. The second-order valence-electron chi connectivity index (χ2n) is 7.27. The number of aromatic nitrogens is 3. The van der Waals surface area contributed by atoms with Crippen molar-refractivity contribution < 1.29 is 9.21 Å². The summed E-state index contributed by atoms with van der Waals surface area (Å²) in [6.07, 6.45) is 12.3. The SMILES string of the molecule is C#CC(CC)(CC)NC(=O)CSc1nnc(N2CCCCC2)n1Cc1ccco1. The molecule has 8 heteroatoms. The summed E-state index contributed by atoms with van der Waals surface area (Å²) in [7, 11) is 0. The van der Waals surface area contributed by atoms with Gasteiger partial charge in [-0.05, 0) is 44.2 Å². The predicted molar refractivity (Wildman–Crippen MR) is 115 cm³/mol. The highest BCUT2D eigenvalue weighted by atomic mass is 32.2. The summed E-state index contributed by atoms with van der Waals surface area (Å²) in [5.41, 5.74) is -0.585. The molecule has 3 rings (SSSR count). The first-order chi connectivity index (χ1) is 14.1. The van der Waals surface area contributed by atoms with Crippen molar-refractivity contribution in [2.75, 3.05) is 23.7 Å². The summed E-state index contributed by atoms with van der Waals surface area (Å²) in [5, 5.41) is 12.5. The Hall–Kier alpha value is -2.40. The molecule has 1 aliphatic heterocycles. The smallest absolute Gasteiger partial charge is 0.231 e. The molecule has 0 saturated carbocycles. The highest BCUT2D eigenvalue weighted by Gasteiger charge is 2.26. The molecule has 0 atom stereocenters. The summed E-state index contributed by atoms with van der Waals surface area (Å²) in [4.78, 5) is 14.8. The Labute approximate surface area is 176 Å². The number of terminal acetylenes is 1. The third-order valence-corrected chi connectivity index (χ3v) is 6.39. The highest BCUT2D eigenvalue weighted by molar-refractivity contribution is 7.99. The molecule has 0 spiro atoms. The van der Waals surface area contributed by atoms with E-state index in [2.05, 4.69) is 26.3 Å². The molecule has 156 valence electrons. The van der Waals surface area contributed by atoms with Gasteiger partial charge < -0.3 is 14.6 Å². The molecular formula is C21H29N5O2S. The van der Waals surface area contributed by atoms with Crippen LogP contribution in [0.1, 0.15) is 51.7 Å². The Bertz CT molecular complexity index is 830. The van der Waals surface area contributed by atoms with Crippen LogP contribution >= 0.6 is 11.8 Å². The molecule has 1 N–H and O–H groups in total. The molecule has 7 nitrogen and oxygen atoms in total. The molecule has 29 heavy (non-hydrogen) atoms. The monoisotopic (exact) mass is 415 g/mol. The second kappa shape index (κ2) is 9.88. The molecule has 2 aromatic rings. The van der Waals surface area contributed by atoms with Crippen LogP contribution in [0.2, 0.25) is 0 Å². The van der Waals surface area contributed by atoms with Gasteiger partial charge in [0.05, 0.1) is 18.6 Å². The highest BCUT2D eigenvalue weighted by Crippen LogP contribution is 2.26. The molecule has 3 heterocycles. The molecule has 1 aliphatic rings. The number of amides is 1. The number of hydrogen-bond acceptors (Lipinski definition) is 6. The van der Waals surface area contributed by atoms with Gasteiger partial charge in [0.15, 0.2) is 5.16 Å². The van der Waals surface area contributed by atoms with E-state index < -0.39 is 5.54 Å². The number of carbonyl (C=O) groups excluding carboxylic acids is 1. The Kier molecular flexibility index (Phi) is 7.26. The minimum absolute atomic E-state index is 0.0938. The van der Waals surface area contributed by atoms with Gasteiger partial charge in [-0.25, -0.2) is 0 Å². The van der Waals surface area contributed by atoms with E-state index in [4.69, 9.17) is 10.8 Å². The van der Waals surface area contributed by atoms with E-state index in [1.807, 2.05) is 30.5 Å². The van der Waals surface area contributed by atoms with E-state index in [-0.39, 0.29) is 11.7 Å². The van der Waals surface area contributed by atoms with Gasteiger partial charge >= 0.3 is 0 Å². The van der Waals surface area contributed by atoms with Crippen LogP contribution in [0, 0.1) is 12.3 Å². The van der Waals surface area contributed by atoms with Gasteiger partial charge in [-0.15, -0.1) is 16.6 Å². The zero-order chi connectivity index (χ0) is 20.7. The molecule has 0 unspecified atom stereocenters. The van der Waals surface area contributed by atoms with Crippen LogP contribution in [0.15, 0.2) is 28.0 Å². The number of furan rings is 1. The first-order valence-corrected chi connectivity index (χ1v) is 11.2. The minimum Gasteiger partial charge on any atom is -0.467 e. The molecular weight excluding hydrogens is 386 g/mol. The van der Waals surface area contributed by atoms with E-state index in [1.54, 1.807) is 6.26 Å². The van der Waals surface area contributed by atoms with Gasteiger partial charge in [0, 0.05) is 13.1 Å². The van der Waals surface area contributed by atoms with Gasteiger partial charge in [-0.2, -0.15) is 0 Å². The van der Waals surface area contributed by atoms with Gasteiger partial charge in [-0.3, -0.25) is 9.36 Å². The van der Waals surface area contributed by atoms with Crippen LogP contribution < -0.4 is 10.2 Å². The van der Waals surface area contributed by atoms with Gasteiger partial charge in [-0.1, -0.05) is 31.5 Å². The van der Waals surface area contributed by atoms with Crippen molar-refractivity contribution in [3.05, 3.63) is 24.2 Å². The lowest BCUT2D eigenvalue weighted by Gasteiger charge is -2.28. The zero-order valence-electron chi connectivity index (χ0n) is 17.2. The lowest BCUT2D eigenvalue weighted by atomic mass is 9.94. The van der Waals surface area contributed by atoms with E-state index >= 15 is 0 Å². The van der Waals surface area contributed by atoms with Crippen LogP contribution in [0.3, 0.4) is 0 Å². The van der Waals surface area contributed by atoms with Crippen LogP contribution in [0.5, 0.6) is 0 Å². The van der Waals surface area contributed by atoms with Gasteiger partial charge in [0.1, 0.15) is 11.3 Å². The number of thioether (sulfide) groups is 1. The fraction of sp³-hybridized carbons (Fsp3) is 0.571. The summed E-state index contributed by atoms with van der Waals surface area (Å²) >= 11 is 1.37. The summed E-state index contributed by atoms with van der Waals surface area (Å²) < 4.78 is 7.57. The standard InChI is InChI=1S/C21H29N5O2S/c1-4-21(5-2,6-3)22-18(27)16-29-20-24-23-19(25-12-8-7-9-13-25)26(20)15-17-11-10-14-28-17/h1,10-11,14H,5-9,12-13,15-16H2,2-3H3,(H,22,27). The fourth-order valence-corrected chi connectivity index (χ4v) is 4.25. The lowest BCUT2D eigenvalue weighted by Crippen LogP contribution is -2.47. The molecule has 1 amide bonds. The molecule has 0 aromatic carbocycles. The number of anilines is 1. The molecule has 2 aromatic heterocycles. The average Bonchev–Trinajstić information content (AvgIpc) is 3.42. The van der Waals surface area contributed by atoms with Crippen molar-refractivity contribution >= 4 is 23.6 Å². The lowest BCUT2D eigenvalue weighted by molar-refractivity contribution is -0.119. The molecule has 0 bridgehead atoms. The maximum absolute atomic E-state index is 12.5. The van der Waals surface area contributed by atoms with Crippen molar-refractivity contribution in [3.63, 3.8) is 0 Å². The Morgan fingerprint density at radius 2 is 2.07 bits per heavy atom. The van der Waals surface area contributed by atoms with Gasteiger partial charge in [0.25, 0.3) is 0 Å². The van der Waals surface area contributed by atoms with Crippen LogP contribution in [-0.2, 0) is 11.3 Å². The van der Waals surface area contributed by atoms with Crippen LogP contribution in [0.25, 0.3) is 0 Å². The first kappa shape index (κ1) is 21.3. The van der Waals surface area contributed by atoms with Crippen LogP contribution in [-0.4, -0.2) is 45.1 Å². The molecule has 1 fully saturated rings. The summed E-state index contributed by atoms with van der Waals surface area (Å²) in [6.45, 7) is 6.45. The van der Waals surface area contributed by atoms with E-state index in [0.717, 1.165) is 37.6 Å². The number of carbonyl (C=O) groups is 1. The molecule has 0 aliphatic carbocycles. The number of nitrogens with one attached hydrogen (secondary N) is 1. The zero-order valence-corrected chi connectivity index (χ0v) is 18.0. The predicted octanol–water partition coefficient (Wildman–Crippen LogP) is 3.31. The number of rotatable bonds is 9. The van der Waals surface area contributed by atoms with Crippen molar-refractivity contribution in [2.24, 2.45) is 0 Å². The van der Waals surface area contributed by atoms with E-state index in [1.165, 1.54) is 18.2 Å². The maximum atomic E-state index is 12.5. The second-order valence-corrected chi connectivity index (χ2v) is 8.21. The average molecular weight is 416 g/mol.